The average Bonchev–Trinajstić information content (AvgIpc) is 2.96. The largest absolute Gasteiger partial charge is 0.351 e. The van der Waals surface area contributed by atoms with Gasteiger partial charge in [0.05, 0.1) is 10.5 Å². The summed E-state index contributed by atoms with van der Waals surface area (Å²) >= 11 is 3.37. The summed E-state index contributed by atoms with van der Waals surface area (Å²) in [5, 5.41) is 13.4. The fourth-order valence-corrected chi connectivity index (χ4v) is 3.63. The van der Waals surface area contributed by atoms with Crippen LogP contribution in [0, 0.1) is 0 Å². The van der Waals surface area contributed by atoms with Gasteiger partial charge in [-0.1, -0.05) is 6.42 Å². The Labute approximate surface area is 159 Å². The number of likely N-dealkylation sites (N-methyl/N-ethyl adjacent to an activating group) is 1. The van der Waals surface area contributed by atoms with Crippen molar-refractivity contribution in [3.8, 4) is 0 Å². The maximum Gasteiger partial charge on any atom is 0.225 e. The highest BCUT2D eigenvalue weighted by molar-refractivity contribution is 9.10. The molecule has 0 bridgehead atoms. The maximum absolute atomic E-state index is 4.80. The second kappa shape index (κ2) is 6.15. The summed E-state index contributed by atoms with van der Waals surface area (Å²) in [5.41, 5.74) is 0.827. The Morgan fingerprint density at radius 3 is 2.58 bits per heavy atom. The zero-order chi connectivity index (χ0) is 17.7. The molecule has 1 saturated carbocycles. The molecule has 0 aromatic carbocycles. The molecule has 1 aliphatic heterocycles. The second-order valence-corrected chi connectivity index (χ2v) is 7.93. The quantitative estimate of drug-likeness (QED) is 0.647. The molecular formula is C17H19BrN8. The lowest BCUT2D eigenvalue weighted by Crippen LogP contribution is -2.59. The Hall–Kier alpha value is -2.29. The van der Waals surface area contributed by atoms with Gasteiger partial charge in [0, 0.05) is 38.4 Å². The Balaban J connectivity index is 1.31. The molecule has 5 rings (SSSR count). The monoisotopic (exact) mass is 414 g/mol. The van der Waals surface area contributed by atoms with Crippen molar-refractivity contribution in [3.05, 3.63) is 34.8 Å². The van der Waals surface area contributed by atoms with E-state index >= 15 is 0 Å². The molecule has 0 radical (unpaired) electrons. The molecule has 1 saturated heterocycles. The first-order valence-corrected chi connectivity index (χ1v) is 9.66. The van der Waals surface area contributed by atoms with Crippen molar-refractivity contribution < 1.29 is 0 Å². The van der Waals surface area contributed by atoms with Crippen molar-refractivity contribution in [2.75, 3.05) is 29.9 Å². The molecule has 134 valence electrons. The predicted molar refractivity (Wildman–Crippen MR) is 102 cm³/mol. The minimum Gasteiger partial charge on any atom is -0.351 e. The first-order valence-electron chi connectivity index (χ1n) is 8.87. The molecule has 0 N–H and O–H groups in total. The summed E-state index contributed by atoms with van der Waals surface area (Å²) in [6, 6.07) is 4.41. The van der Waals surface area contributed by atoms with Crippen molar-refractivity contribution in [2.45, 2.75) is 31.2 Å². The maximum atomic E-state index is 4.80. The number of hydrogen-bond donors (Lipinski definition) is 0. The average molecular weight is 415 g/mol. The van der Waals surface area contributed by atoms with Gasteiger partial charge in [-0.25, -0.2) is 9.97 Å². The van der Waals surface area contributed by atoms with Crippen molar-refractivity contribution in [3.63, 3.8) is 0 Å². The molecule has 3 aromatic rings. The van der Waals surface area contributed by atoms with Crippen LogP contribution in [-0.2, 0) is 0 Å². The number of rotatable bonds is 4. The first-order chi connectivity index (χ1) is 12.7. The normalized spacial score (nSPS) is 18.0. The van der Waals surface area contributed by atoms with E-state index in [-0.39, 0.29) is 0 Å². The predicted octanol–water partition coefficient (Wildman–Crippen LogP) is 2.27. The van der Waals surface area contributed by atoms with Crippen LogP contribution in [0.25, 0.3) is 5.65 Å². The van der Waals surface area contributed by atoms with Crippen LogP contribution in [-0.4, -0.2) is 56.0 Å². The minimum absolute atomic E-state index is 0.376. The van der Waals surface area contributed by atoms with Gasteiger partial charge in [0.15, 0.2) is 11.5 Å². The third-order valence-electron chi connectivity index (χ3n) is 5.40. The number of fused-ring (bicyclic) bond motifs is 1. The Kier molecular flexibility index (Phi) is 3.77. The van der Waals surface area contributed by atoms with Crippen LogP contribution < -0.4 is 9.80 Å². The molecule has 3 aromatic heterocycles. The molecule has 0 atom stereocenters. The fraction of sp³-hybridized carbons (Fsp3) is 0.471. The van der Waals surface area contributed by atoms with Gasteiger partial charge < -0.3 is 9.80 Å². The SMILES string of the molecule is CN(c1ncc(Br)cn1)C1CN(c2ccc3nnc(C4CCC4)n3n2)C1. The summed E-state index contributed by atoms with van der Waals surface area (Å²) in [6.07, 6.45) is 7.21. The van der Waals surface area contributed by atoms with E-state index in [1.54, 1.807) is 12.4 Å². The van der Waals surface area contributed by atoms with Gasteiger partial charge in [0.1, 0.15) is 5.82 Å². The van der Waals surface area contributed by atoms with E-state index in [0.717, 1.165) is 40.8 Å². The molecule has 0 unspecified atom stereocenters. The highest BCUT2D eigenvalue weighted by Crippen LogP contribution is 2.35. The van der Waals surface area contributed by atoms with E-state index in [1.165, 1.54) is 19.3 Å². The zero-order valence-electron chi connectivity index (χ0n) is 14.5. The van der Waals surface area contributed by atoms with Crippen LogP contribution in [0.1, 0.15) is 31.0 Å². The van der Waals surface area contributed by atoms with Crippen molar-refractivity contribution in [2.24, 2.45) is 0 Å². The minimum atomic E-state index is 0.376. The van der Waals surface area contributed by atoms with Gasteiger partial charge in [0.2, 0.25) is 5.95 Å². The van der Waals surface area contributed by atoms with Gasteiger partial charge in [-0.05, 0) is 40.9 Å². The van der Waals surface area contributed by atoms with Gasteiger partial charge in [-0.15, -0.1) is 15.3 Å². The lowest BCUT2D eigenvalue weighted by molar-refractivity contribution is 0.394. The van der Waals surface area contributed by atoms with Crippen LogP contribution in [0.5, 0.6) is 0 Å². The van der Waals surface area contributed by atoms with Crippen LogP contribution in [0.2, 0.25) is 0 Å². The molecule has 9 heteroatoms. The number of hydrogen-bond acceptors (Lipinski definition) is 7. The number of aromatic nitrogens is 6. The number of nitrogens with zero attached hydrogens (tertiary/aromatic N) is 8. The standard InChI is InChI=1S/C17H19BrN8/c1-24(17-19-7-12(18)8-20-17)13-9-25(10-13)15-6-5-14-21-22-16(26(14)23-15)11-3-2-4-11/h5-8,11,13H,2-4,9-10H2,1H3. The highest BCUT2D eigenvalue weighted by atomic mass is 79.9. The molecule has 8 nitrogen and oxygen atoms in total. The molecule has 0 amide bonds. The van der Waals surface area contributed by atoms with Gasteiger partial charge in [-0.2, -0.15) is 4.52 Å². The van der Waals surface area contributed by atoms with Gasteiger partial charge in [0.25, 0.3) is 0 Å². The summed E-state index contributed by atoms with van der Waals surface area (Å²) in [4.78, 5) is 13.1. The molecule has 2 aliphatic rings. The van der Waals surface area contributed by atoms with Gasteiger partial charge >= 0.3 is 0 Å². The fourth-order valence-electron chi connectivity index (χ4n) is 3.42. The summed E-state index contributed by atoms with van der Waals surface area (Å²) in [6.45, 7) is 1.80. The molecule has 26 heavy (non-hydrogen) atoms. The van der Waals surface area contributed by atoms with Crippen LogP contribution in [0.4, 0.5) is 11.8 Å². The van der Waals surface area contributed by atoms with Crippen molar-refractivity contribution in [1.29, 1.82) is 0 Å². The number of halogens is 1. The summed E-state index contributed by atoms with van der Waals surface area (Å²) in [7, 11) is 2.04. The van der Waals surface area contributed by atoms with Gasteiger partial charge in [-0.3, -0.25) is 0 Å². The van der Waals surface area contributed by atoms with Crippen LogP contribution >= 0.6 is 15.9 Å². The molecule has 1 aliphatic carbocycles. The summed E-state index contributed by atoms with van der Waals surface area (Å²) < 4.78 is 2.81. The van der Waals surface area contributed by atoms with E-state index in [4.69, 9.17) is 5.10 Å². The molecule has 4 heterocycles. The van der Waals surface area contributed by atoms with E-state index in [1.807, 2.05) is 23.7 Å². The third-order valence-corrected chi connectivity index (χ3v) is 5.81. The smallest absolute Gasteiger partial charge is 0.225 e. The molecule has 0 spiro atoms. The third kappa shape index (κ3) is 2.61. The van der Waals surface area contributed by atoms with E-state index in [0.29, 0.717) is 12.0 Å². The highest BCUT2D eigenvalue weighted by Gasteiger charge is 2.33. The zero-order valence-corrected chi connectivity index (χ0v) is 16.0. The first kappa shape index (κ1) is 15.9. The van der Waals surface area contributed by atoms with E-state index in [9.17, 15) is 0 Å². The van der Waals surface area contributed by atoms with Crippen LogP contribution in [0.15, 0.2) is 29.0 Å². The van der Waals surface area contributed by atoms with Crippen LogP contribution in [0.3, 0.4) is 0 Å². The lowest BCUT2D eigenvalue weighted by Gasteiger charge is -2.44. The summed E-state index contributed by atoms with van der Waals surface area (Å²) in [5.74, 6) is 3.23. The molecular weight excluding hydrogens is 396 g/mol. The number of anilines is 2. The van der Waals surface area contributed by atoms with E-state index in [2.05, 4.69) is 45.9 Å². The Morgan fingerprint density at radius 1 is 1.12 bits per heavy atom. The Bertz CT molecular complexity index is 930. The second-order valence-electron chi connectivity index (χ2n) is 7.02. The topological polar surface area (TPSA) is 75.3 Å². The molecule has 2 fully saturated rings. The van der Waals surface area contributed by atoms with Crippen molar-refractivity contribution in [1.82, 2.24) is 29.8 Å². The lowest BCUT2D eigenvalue weighted by atomic mass is 9.85. The van der Waals surface area contributed by atoms with E-state index < -0.39 is 0 Å². The van der Waals surface area contributed by atoms with Crippen molar-refractivity contribution >= 4 is 33.3 Å². The Morgan fingerprint density at radius 2 is 1.88 bits per heavy atom.